The van der Waals surface area contributed by atoms with Crippen LogP contribution in [0, 0.1) is 19.7 Å². The van der Waals surface area contributed by atoms with Crippen molar-refractivity contribution in [2.24, 2.45) is 0 Å². The second-order valence-electron chi connectivity index (χ2n) is 11.7. The Hall–Kier alpha value is -4.60. The summed E-state index contributed by atoms with van der Waals surface area (Å²) >= 11 is 0. The molecule has 0 aliphatic heterocycles. The van der Waals surface area contributed by atoms with Gasteiger partial charge in [0.05, 0.1) is 16.9 Å². The molecular weight excluding hydrogens is 587 g/mol. The number of halogens is 1. The second-order valence-corrected chi connectivity index (χ2v) is 11.7. The smallest absolute Gasteiger partial charge is 0.135 e. The van der Waals surface area contributed by atoms with Crippen molar-refractivity contribution in [3.05, 3.63) is 102 Å². The fourth-order valence-electron chi connectivity index (χ4n) is 5.09. The number of aromatic amines is 2. The Labute approximate surface area is 279 Å². The van der Waals surface area contributed by atoms with Gasteiger partial charge in [-0.1, -0.05) is 39.5 Å². The molecule has 5 aromatic rings. The summed E-state index contributed by atoms with van der Waals surface area (Å²) in [6.07, 6.45) is 8.52. The minimum atomic E-state index is -0.302. The number of H-pyrrole nitrogens is 2. The van der Waals surface area contributed by atoms with Crippen molar-refractivity contribution in [1.29, 1.82) is 0 Å². The summed E-state index contributed by atoms with van der Waals surface area (Å²) in [5, 5.41) is 11.0. The van der Waals surface area contributed by atoms with E-state index in [0.717, 1.165) is 68.2 Å². The van der Waals surface area contributed by atoms with Gasteiger partial charge in [-0.3, -0.25) is 10.1 Å². The molecule has 0 aliphatic carbocycles. The molecule has 5 rings (SSSR count). The molecule has 0 spiro atoms. The lowest BCUT2D eigenvalue weighted by Gasteiger charge is -2.14. The summed E-state index contributed by atoms with van der Waals surface area (Å²) in [7, 11) is 8.19. The predicted octanol–water partition coefficient (Wildman–Crippen LogP) is 8.35. The van der Waals surface area contributed by atoms with Crippen LogP contribution in [-0.2, 0) is 0 Å². The quantitative estimate of drug-likeness (QED) is 0.126. The Morgan fingerprint density at radius 1 is 0.979 bits per heavy atom. The van der Waals surface area contributed by atoms with Crippen molar-refractivity contribution in [3.63, 3.8) is 0 Å². The molecule has 250 valence electrons. The summed E-state index contributed by atoms with van der Waals surface area (Å²) < 4.78 is 14.7. The van der Waals surface area contributed by atoms with Crippen LogP contribution in [0.3, 0.4) is 0 Å². The summed E-state index contributed by atoms with van der Waals surface area (Å²) in [6, 6.07) is 13.1. The third-order valence-corrected chi connectivity index (χ3v) is 7.19. The van der Waals surface area contributed by atoms with Gasteiger partial charge in [0.1, 0.15) is 17.0 Å². The highest BCUT2D eigenvalue weighted by atomic mass is 19.1. The Kier molecular flexibility index (Phi) is 14.1. The van der Waals surface area contributed by atoms with Crippen molar-refractivity contribution in [1.82, 2.24) is 34.9 Å². The van der Waals surface area contributed by atoms with E-state index in [-0.39, 0.29) is 5.82 Å². The van der Waals surface area contributed by atoms with Crippen LogP contribution in [0.4, 0.5) is 10.1 Å². The fraction of sp³-hybridized carbons (Fsp3) is 0.342. The Bertz CT molecular complexity index is 1760. The normalized spacial score (nSPS) is 11.3. The van der Waals surface area contributed by atoms with E-state index >= 15 is 0 Å². The number of likely N-dealkylation sites (N-methyl/N-ethyl adjacent to an activating group) is 1. The molecule has 0 saturated carbocycles. The number of benzene rings is 1. The first-order valence-corrected chi connectivity index (χ1v) is 16.2. The van der Waals surface area contributed by atoms with Gasteiger partial charge in [0.25, 0.3) is 0 Å². The number of hydrogen-bond acceptors (Lipinski definition) is 6. The van der Waals surface area contributed by atoms with Crippen LogP contribution in [-0.4, -0.2) is 82.8 Å². The summed E-state index contributed by atoms with van der Waals surface area (Å²) in [6.45, 7) is 16.9. The van der Waals surface area contributed by atoms with E-state index in [9.17, 15) is 4.39 Å². The van der Waals surface area contributed by atoms with E-state index in [1.54, 1.807) is 12.1 Å². The van der Waals surface area contributed by atoms with Crippen molar-refractivity contribution < 1.29 is 4.39 Å². The number of rotatable bonds is 11. The molecule has 47 heavy (non-hydrogen) atoms. The first kappa shape index (κ1) is 36.9. The largest absolute Gasteiger partial charge is 0.384 e. The minimum absolute atomic E-state index is 0.302. The van der Waals surface area contributed by atoms with Gasteiger partial charge in [0.15, 0.2) is 0 Å². The maximum Gasteiger partial charge on any atom is 0.135 e. The van der Waals surface area contributed by atoms with Gasteiger partial charge in [-0.15, -0.1) is 0 Å². The molecule has 0 aliphatic rings. The van der Waals surface area contributed by atoms with Crippen molar-refractivity contribution >= 4 is 22.3 Å². The van der Waals surface area contributed by atoms with Crippen LogP contribution in [0.2, 0.25) is 0 Å². The maximum atomic E-state index is 14.7. The molecular formula is C38H51FN8. The fourth-order valence-corrected chi connectivity index (χ4v) is 5.09. The highest BCUT2D eigenvalue weighted by Crippen LogP contribution is 2.34. The van der Waals surface area contributed by atoms with E-state index < -0.39 is 0 Å². The Balaban J connectivity index is 0.000000676. The Morgan fingerprint density at radius 3 is 2.36 bits per heavy atom. The molecule has 0 bridgehead atoms. The molecule has 0 unspecified atom stereocenters. The minimum Gasteiger partial charge on any atom is -0.384 e. The molecule has 0 amide bonds. The molecule has 0 saturated heterocycles. The van der Waals surface area contributed by atoms with Gasteiger partial charge in [-0.25, -0.2) is 9.37 Å². The number of allylic oxidation sites excluding steroid dienone is 2. The number of aromatic nitrogens is 5. The van der Waals surface area contributed by atoms with Crippen LogP contribution in [0.15, 0.2) is 73.6 Å². The highest BCUT2D eigenvalue weighted by molar-refractivity contribution is 5.92. The predicted molar refractivity (Wildman–Crippen MR) is 197 cm³/mol. The number of aryl methyl sites for hydroxylation is 2. The lowest BCUT2D eigenvalue weighted by molar-refractivity contribution is 0.408. The van der Waals surface area contributed by atoms with Crippen LogP contribution >= 0.6 is 0 Å². The standard InChI is InChI=1S/C31H32FN7.C5H13N.C2H6/c1-6-7-25(21-13-23(32)15-24(14-21)34-10-11-39(4)5)26-16-29(35-20(26)3)31-30-28(37-38-31)9-8-27(36-30)22-12-19(2)17-33-18-22;1-4-5-6(2)3;1-2/h6-9,12-18,34-35H,1,10-11H2,2-5H3,(H,37,38);4-5H2,1-3H3;1-2H3/b25-7-;;. The van der Waals surface area contributed by atoms with Crippen LogP contribution in [0.1, 0.15) is 49.6 Å². The SMILES string of the molecule is C=C/C=C(/c1cc(F)cc(NCCN(C)C)c1)c1cc(-c2n[nH]c3ccc(-c4cncc(C)c4)nc23)[nH]c1C.CC.CCCN(C)C. The molecule has 0 radical (unpaired) electrons. The zero-order valence-electron chi connectivity index (χ0n) is 29.5. The van der Waals surface area contributed by atoms with Crippen molar-refractivity contribution in [2.45, 2.75) is 41.0 Å². The van der Waals surface area contributed by atoms with E-state index in [1.165, 1.54) is 19.0 Å². The van der Waals surface area contributed by atoms with E-state index in [2.05, 4.69) is 68.9 Å². The molecule has 9 heteroatoms. The average Bonchev–Trinajstić information content (AvgIpc) is 3.63. The van der Waals surface area contributed by atoms with E-state index in [0.29, 0.717) is 12.2 Å². The third-order valence-electron chi connectivity index (χ3n) is 7.19. The Morgan fingerprint density at radius 2 is 1.72 bits per heavy atom. The van der Waals surface area contributed by atoms with Gasteiger partial charge in [0, 0.05) is 48.0 Å². The first-order chi connectivity index (χ1) is 22.6. The molecule has 4 aromatic heterocycles. The van der Waals surface area contributed by atoms with Crippen LogP contribution in [0.25, 0.3) is 39.3 Å². The van der Waals surface area contributed by atoms with Crippen molar-refractivity contribution in [3.8, 4) is 22.6 Å². The van der Waals surface area contributed by atoms with Crippen LogP contribution < -0.4 is 5.32 Å². The van der Waals surface area contributed by atoms with Gasteiger partial charge in [-0.2, -0.15) is 5.10 Å². The number of nitrogens with zero attached hydrogens (tertiary/aromatic N) is 5. The molecule has 8 nitrogen and oxygen atoms in total. The topological polar surface area (TPSA) is 88.8 Å². The van der Waals surface area contributed by atoms with Gasteiger partial charge >= 0.3 is 0 Å². The molecule has 1 aromatic carbocycles. The van der Waals surface area contributed by atoms with Crippen molar-refractivity contribution in [2.75, 3.05) is 53.1 Å². The second kappa shape index (κ2) is 17.9. The average molecular weight is 639 g/mol. The first-order valence-electron chi connectivity index (χ1n) is 16.2. The lowest BCUT2D eigenvalue weighted by atomic mass is 9.96. The van der Waals surface area contributed by atoms with Gasteiger partial charge < -0.3 is 20.1 Å². The van der Waals surface area contributed by atoms with Gasteiger partial charge in [0.2, 0.25) is 0 Å². The maximum absolute atomic E-state index is 14.7. The van der Waals surface area contributed by atoms with Gasteiger partial charge in [-0.05, 0) is 114 Å². The van der Waals surface area contributed by atoms with E-state index in [4.69, 9.17) is 4.98 Å². The molecule has 0 atom stereocenters. The number of nitrogens with one attached hydrogen (secondary N) is 3. The zero-order valence-corrected chi connectivity index (χ0v) is 29.5. The number of fused-ring (bicyclic) bond motifs is 1. The van der Waals surface area contributed by atoms with Crippen LogP contribution in [0.5, 0.6) is 0 Å². The summed E-state index contributed by atoms with van der Waals surface area (Å²) in [5.41, 5.74) is 10.2. The monoisotopic (exact) mass is 638 g/mol. The molecule has 0 fully saturated rings. The summed E-state index contributed by atoms with van der Waals surface area (Å²) in [4.78, 5) is 17.0. The zero-order chi connectivity index (χ0) is 34.5. The number of pyridine rings is 2. The summed E-state index contributed by atoms with van der Waals surface area (Å²) in [5.74, 6) is -0.302. The lowest BCUT2D eigenvalue weighted by Crippen LogP contribution is -2.20. The van der Waals surface area contributed by atoms with E-state index in [1.807, 2.05) is 84.5 Å². The number of anilines is 1. The molecule has 3 N–H and O–H groups in total. The third kappa shape index (κ3) is 10.2. The number of hydrogen-bond donors (Lipinski definition) is 3. The molecule has 4 heterocycles. The highest BCUT2D eigenvalue weighted by Gasteiger charge is 2.18.